The van der Waals surface area contributed by atoms with Crippen molar-refractivity contribution in [1.29, 1.82) is 0 Å². The van der Waals surface area contributed by atoms with Gasteiger partial charge in [-0.25, -0.2) is 0 Å². The van der Waals surface area contributed by atoms with Crippen LogP contribution in [0.15, 0.2) is 55.6 Å². The second kappa shape index (κ2) is 17.0. The number of methoxy groups -OCH3 is 1. The third-order valence-corrected chi connectivity index (χ3v) is 9.56. The number of carbonyl (C=O) groups excluding carboxylic acids is 4. The summed E-state index contributed by atoms with van der Waals surface area (Å²) in [6, 6.07) is 7.48. The van der Waals surface area contributed by atoms with Crippen molar-refractivity contribution >= 4 is 23.7 Å². The van der Waals surface area contributed by atoms with Gasteiger partial charge in [0.05, 0.1) is 30.6 Å². The molecule has 11 heteroatoms. The average Bonchev–Trinajstić information content (AvgIpc) is 3.72. The van der Waals surface area contributed by atoms with Crippen LogP contribution in [0.25, 0.3) is 0 Å². The Morgan fingerprint density at radius 3 is 2.62 bits per heavy atom. The number of hydrogen-bond acceptors (Lipinski definition) is 8. The topological polar surface area (TPSA) is 135 Å². The molecular weight excluding hydrogens is 602 g/mol. The zero-order valence-electron chi connectivity index (χ0n) is 27.8. The van der Waals surface area contributed by atoms with Crippen molar-refractivity contribution in [1.82, 2.24) is 15.1 Å². The summed E-state index contributed by atoms with van der Waals surface area (Å²) in [6.07, 6.45) is 6.54. The Bertz CT molecular complexity index is 1260. The van der Waals surface area contributed by atoms with Crippen molar-refractivity contribution in [2.45, 2.75) is 88.2 Å². The standard InChI is InChI=1S/C36H51N3O8/c1-5-8-13-21-38(20-7-3)34(43)32-36-19-18-27(47-36)29(30(36)33(42)39(32)22-14-23-40)35(44)46-31(25-15-11-10-12-16-25)26(24-45-4)37-28(41)17-9-6-2/h6-7,10-12,15-16,26-27,29-32,40H,2-3,5,8-9,13-14,17-24H2,1,4H3,(H,37,41)/t26-,27+,29-,30-,31-,32+,36-/m0/s1. The van der Waals surface area contributed by atoms with E-state index in [0.717, 1.165) is 19.3 Å². The fourth-order valence-corrected chi connectivity index (χ4v) is 7.48. The van der Waals surface area contributed by atoms with Crippen molar-refractivity contribution in [2.24, 2.45) is 11.8 Å². The largest absolute Gasteiger partial charge is 0.455 e. The molecule has 1 aromatic carbocycles. The molecule has 2 bridgehead atoms. The number of rotatable bonds is 20. The number of nitrogens with one attached hydrogen (secondary N) is 1. The Morgan fingerprint density at radius 2 is 1.96 bits per heavy atom. The zero-order chi connectivity index (χ0) is 34.0. The lowest BCUT2D eigenvalue weighted by molar-refractivity contribution is -0.163. The average molecular weight is 654 g/mol. The van der Waals surface area contributed by atoms with Gasteiger partial charge in [-0.2, -0.15) is 0 Å². The summed E-state index contributed by atoms with van der Waals surface area (Å²) in [5.74, 6) is -3.27. The van der Waals surface area contributed by atoms with Crippen LogP contribution in [0.5, 0.6) is 0 Å². The fraction of sp³-hybridized carbons (Fsp3) is 0.611. The fourth-order valence-electron chi connectivity index (χ4n) is 7.48. The van der Waals surface area contributed by atoms with Crippen molar-refractivity contribution in [2.75, 3.05) is 40.0 Å². The van der Waals surface area contributed by atoms with Crippen LogP contribution >= 0.6 is 0 Å². The van der Waals surface area contributed by atoms with Gasteiger partial charge in [-0.1, -0.05) is 62.2 Å². The van der Waals surface area contributed by atoms with E-state index in [4.69, 9.17) is 14.2 Å². The van der Waals surface area contributed by atoms with Crippen molar-refractivity contribution in [3.63, 3.8) is 0 Å². The molecule has 1 spiro atoms. The number of amides is 3. The summed E-state index contributed by atoms with van der Waals surface area (Å²) in [5, 5.41) is 12.6. The van der Waals surface area contributed by atoms with E-state index in [-0.39, 0.29) is 50.3 Å². The minimum atomic E-state index is -1.19. The molecule has 11 nitrogen and oxygen atoms in total. The van der Waals surface area contributed by atoms with Gasteiger partial charge < -0.3 is 34.4 Å². The molecule has 3 fully saturated rings. The number of nitrogens with zero attached hydrogens (tertiary/aromatic N) is 2. The lowest BCUT2D eigenvalue weighted by atomic mass is 9.70. The van der Waals surface area contributed by atoms with Gasteiger partial charge in [-0.15, -0.1) is 13.2 Å². The van der Waals surface area contributed by atoms with E-state index in [9.17, 15) is 24.3 Å². The number of fused-ring (bicyclic) bond motifs is 1. The smallest absolute Gasteiger partial charge is 0.313 e. The minimum absolute atomic E-state index is 0.0756. The molecule has 0 unspecified atom stereocenters. The molecule has 0 radical (unpaired) electrons. The summed E-state index contributed by atoms with van der Waals surface area (Å²) in [6.45, 7) is 10.6. The van der Waals surface area contributed by atoms with Gasteiger partial charge in [0, 0.05) is 39.8 Å². The van der Waals surface area contributed by atoms with Crippen molar-refractivity contribution in [3.05, 3.63) is 61.2 Å². The number of likely N-dealkylation sites (tertiary alicyclic amines) is 1. The molecule has 7 atom stereocenters. The van der Waals surface area contributed by atoms with Crippen LogP contribution in [-0.4, -0.2) is 102 Å². The molecule has 0 aliphatic carbocycles. The van der Waals surface area contributed by atoms with Crippen LogP contribution < -0.4 is 5.32 Å². The van der Waals surface area contributed by atoms with Gasteiger partial charge in [-0.05, 0) is 37.7 Å². The molecular formula is C36H51N3O8. The number of hydrogen-bond donors (Lipinski definition) is 2. The SMILES string of the molecule is C=CCCC(=O)N[C@@H](COC)[C@@H](OC(=O)[C@@H]1[C@H]2C(=O)N(CCCO)[C@H](C(=O)N(CC=C)CCCCC)[C@]23CC[C@H]1O3)c1ccccc1. The lowest BCUT2D eigenvalue weighted by Crippen LogP contribution is -2.56. The van der Waals surface area contributed by atoms with Gasteiger partial charge in [-0.3, -0.25) is 19.2 Å². The van der Waals surface area contributed by atoms with Gasteiger partial charge >= 0.3 is 5.97 Å². The maximum absolute atomic E-state index is 14.3. The summed E-state index contributed by atoms with van der Waals surface area (Å²) >= 11 is 0. The Morgan fingerprint density at radius 1 is 1.19 bits per heavy atom. The van der Waals surface area contributed by atoms with E-state index in [1.54, 1.807) is 17.1 Å². The highest BCUT2D eigenvalue weighted by Gasteiger charge is 2.75. The molecule has 1 aromatic rings. The third-order valence-electron chi connectivity index (χ3n) is 9.56. The monoisotopic (exact) mass is 653 g/mol. The Hall–Kier alpha value is -3.54. The molecule has 3 amide bonds. The van der Waals surface area contributed by atoms with Crippen molar-refractivity contribution in [3.8, 4) is 0 Å². The summed E-state index contributed by atoms with van der Waals surface area (Å²) in [5.41, 5.74) is -0.525. The van der Waals surface area contributed by atoms with E-state index >= 15 is 0 Å². The highest BCUT2D eigenvalue weighted by atomic mass is 16.6. The predicted octanol–water partition coefficient (Wildman–Crippen LogP) is 3.33. The van der Waals surface area contributed by atoms with Crippen LogP contribution in [0.1, 0.15) is 70.0 Å². The quantitative estimate of drug-likeness (QED) is 0.124. The molecule has 258 valence electrons. The molecule has 4 rings (SSSR count). The first-order valence-electron chi connectivity index (χ1n) is 16.9. The summed E-state index contributed by atoms with van der Waals surface area (Å²) in [4.78, 5) is 58.9. The minimum Gasteiger partial charge on any atom is -0.455 e. The van der Waals surface area contributed by atoms with Crippen LogP contribution in [-0.2, 0) is 33.4 Å². The summed E-state index contributed by atoms with van der Waals surface area (Å²) < 4.78 is 18.3. The number of unbranched alkanes of at least 4 members (excludes halogenated alkanes) is 2. The Kier molecular flexibility index (Phi) is 13.2. The van der Waals surface area contributed by atoms with E-state index in [1.807, 2.05) is 30.3 Å². The number of allylic oxidation sites excluding steroid dienone is 1. The summed E-state index contributed by atoms with van der Waals surface area (Å²) in [7, 11) is 1.51. The Labute approximate surface area is 278 Å². The van der Waals surface area contributed by atoms with Crippen molar-refractivity contribution < 1.29 is 38.5 Å². The van der Waals surface area contributed by atoms with E-state index in [2.05, 4.69) is 25.4 Å². The molecule has 3 aliphatic heterocycles. The number of ether oxygens (including phenoxy) is 3. The predicted molar refractivity (Wildman–Crippen MR) is 176 cm³/mol. The van der Waals surface area contributed by atoms with Crippen LogP contribution in [0.3, 0.4) is 0 Å². The van der Waals surface area contributed by atoms with Gasteiger partial charge in [0.1, 0.15) is 17.7 Å². The molecule has 0 aromatic heterocycles. The molecule has 2 N–H and O–H groups in total. The van der Waals surface area contributed by atoms with Gasteiger partial charge in [0.15, 0.2) is 0 Å². The Balaban J connectivity index is 1.66. The number of benzene rings is 1. The van der Waals surface area contributed by atoms with E-state index in [0.29, 0.717) is 37.9 Å². The highest BCUT2D eigenvalue weighted by Crippen LogP contribution is 2.59. The number of aliphatic hydroxyl groups excluding tert-OH is 1. The second-order valence-corrected chi connectivity index (χ2v) is 12.7. The first kappa shape index (κ1) is 36.3. The first-order valence-corrected chi connectivity index (χ1v) is 16.9. The maximum Gasteiger partial charge on any atom is 0.313 e. The lowest BCUT2D eigenvalue weighted by Gasteiger charge is -2.37. The van der Waals surface area contributed by atoms with Crippen LogP contribution in [0.2, 0.25) is 0 Å². The number of esters is 1. The van der Waals surface area contributed by atoms with Gasteiger partial charge in [0.25, 0.3) is 0 Å². The maximum atomic E-state index is 14.3. The molecule has 3 heterocycles. The second-order valence-electron chi connectivity index (χ2n) is 12.7. The normalized spacial score (nSPS) is 25.6. The third kappa shape index (κ3) is 7.79. The molecule has 47 heavy (non-hydrogen) atoms. The first-order chi connectivity index (χ1) is 22.8. The van der Waals surface area contributed by atoms with E-state index in [1.165, 1.54) is 12.0 Å². The molecule has 0 saturated carbocycles. The van der Waals surface area contributed by atoms with Gasteiger partial charge in [0.2, 0.25) is 17.7 Å². The van der Waals surface area contributed by atoms with Crippen LogP contribution in [0.4, 0.5) is 0 Å². The zero-order valence-corrected chi connectivity index (χ0v) is 27.8. The molecule has 3 saturated heterocycles. The van der Waals surface area contributed by atoms with E-state index < -0.39 is 47.7 Å². The molecule has 3 aliphatic rings. The number of aliphatic hydroxyl groups is 1. The number of carbonyl (C=O) groups is 4. The highest BCUT2D eigenvalue weighted by molar-refractivity contribution is 5.98. The van der Waals surface area contributed by atoms with Crippen LogP contribution in [0, 0.1) is 11.8 Å².